The topological polar surface area (TPSA) is 109 Å². The maximum absolute atomic E-state index is 12.5. The number of halogens is 3. The molecule has 0 aliphatic carbocycles. The number of hydrogen-bond acceptors (Lipinski definition) is 6. The highest BCUT2D eigenvalue weighted by molar-refractivity contribution is 7.14. The number of aromatic nitrogens is 2. The van der Waals surface area contributed by atoms with Gasteiger partial charge in [0.05, 0.1) is 6.54 Å². The van der Waals surface area contributed by atoms with Gasteiger partial charge in [-0.15, -0.1) is 24.5 Å². The van der Waals surface area contributed by atoms with Gasteiger partial charge in [-0.25, -0.2) is 4.98 Å². The van der Waals surface area contributed by atoms with Crippen molar-refractivity contribution in [1.29, 1.82) is 0 Å². The summed E-state index contributed by atoms with van der Waals surface area (Å²) in [6.45, 7) is 1.65. The van der Waals surface area contributed by atoms with Crippen molar-refractivity contribution >= 4 is 39.2 Å². The van der Waals surface area contributed by atoms with Crippen LogP contribution >= 0.6 is 11.3 Å². The number of ether oxygens (including phenoxy) is 1. The van der Waals surface area contributed by atoms with Crippen LogP contribution in [0.4, 0.5) is 18.3 Å². The first-order valence-corrected chi connectivity index (χ1v) is 10.0. The van der Waals surface area contributed by atoms with E-state index >= 15 is 0 Å². The van der Waals surface area contributed by atoms with Crippen LogP contribution < -0.4 is 15.4 Å². The molecule has 0 fully saturated rings. The number of hydrogen-bond donors (Lipinski definition) is 3. The number of amides is 2. The molecule has 0 bridgehead atoms. The van der Waals surface area contributed by atoms with Gasteiger partial charge in [-0.05, 0) is 30.3 Å². The molecule has 0 aliphatic rings. The summed E-state index contributed by atoms with van der Waals surface area (Å²) >= 11 is 1.18. The van der Waals surface area contributed by atoms with Crippen molar-refractivity contribution in [2.24, 2.45) is 0 Å². The molecule has 8 nitrogen and oxygen atoms in total. The summed E-state index contributed by atoms with van der Waals surface area (Å²) < 4.78 is 46.7. The van der Waals surface area contributed by atoms with E-state index in [4.69, 9.17) is 4.42 Å². The lowest BCUT2D eigenvalue weighted by Crippen LogP contribution is -2.18. The van der Waals surface area contributed by atoms with Gasteiger partial charge in [-0.3, -0.25) is 14.9 Å². The largest absolute Gasteiger partial charge is 0.573 e. The minimum atomic E-state index is -4.80. The molecule has 32 heavy (non-hydrogen) atoms. The third kappa shape index (κ3) is 5.09. The summed E-state index contributed by atoms with van der Waals surface area (Å²) in [5.74, 6) is -0.0424. The van der Waals surface area contributed by atoms with Gasteiger partial charge in [0.15, 0.2) is 10.9 Å². The molecule has 12 heteroatoms. The Hall–Kier alpha value is -3.80. The number of nitrogens with zero attached hydrogens (tertiary/aromatic N) is 1. The van der Waals surface area contributed by atoms with E-state index in [1.54, 1.807) is 17.5 Å². The molecule has 0 radical (unpaired) electrons. The van der Waals surface area contributed by atoms with Gasteiger partial charge in [0.2, 0.25) is 5.91 Å². The van der Waals surface area contributed by atoms with Crippen molar-refractivity contribution in [2.75, 3.05) is 5.32 Å². The molecule has 0 saturated heterocycles. The van der Waals surface area contributed by atoms with E-state index in [1.165, 1.54) is 36.5 Å². The second-order valence-corrected chi connectivity index (χ2v) is 7.51. The molecule has 2 amide bonds. The van der Waals surface area contributed by atoms with Crippen molar-refractivity contribution in [2.45, 2.75) is 19.8 Å². The van der Waals surface area contributed by atoms with Gasteiger partial charge in [-0.2, -0.15) is 0 Å². The first kappa shape index (κ1) is 21.4. The molecule has 3 N–H and O–H groups in total. The Morgan fingerprint density at radius 3 is 2.78 bits per heavy atom. The predicted octanol–water partition coefficient (Wildman–Crippen LogP) is 4.67. The highest BCUT2D eigenvalue weighted by atomic mass is 32.1. The Balaban J connectivity index is 1.45. The minimum absolute atomic E-state index is 0.150. The second kappa shape index (κ2) is 8.38. The SMILES string of the molecule is CC(=O)NCc1ccc(-c2csc(NC(=O)c3cc4ccc(OC(F)(F)F)cc4[nH]3)n2)o1. The number of fused-ring (bicyclic) bond motifs is 1. The monoisotopic (exact) mass is 464 g/mol. The molecule has 0 saturated carbocycles. The summed E-state index contributed by atoms with van der Waals surface area (Å²) in [7, 11) is 0. The third-order valence-electron chi connectivity index (χ3n) is 4.22. The molecule has 0 aliphatic heterocycles. The summed E-state index contributed by atoms with van der Waals surface area (Å²) in [5.41, 5.74) is 0.973. The molecule has 4 aromatic rings. The van der Waals surface area contributed by atoms with Gasteiger partial charge in [0, 0.05) is 29.3 Å². The molecule has 3 aromatic heterocycles. The summed E-state index contributed by atoms with van der Waals surface area (Å²) in [6, 6.07) is 8.68. The Kier molecular flexibility index (Phi) is 5.61. The van der Waals surface area contributed by atoms with Crippen LogP contribution in [0.2, 0.25) is 0 Å². The number of anilines is 1. The van der Waals surface area contributed by atoms with Crippen LogP contribution in [0, 0.1) is 0 Å². The Morgan fingerprint density at radius 1 is 1.22 bits per heavy atom. The number of thiazole rings is 1. The fourth-order valence-electron chi connectivity index (χ4n) is 2.86. The highest BCUT2D eigenvalue weighted by Gasteiger charge is 2.31. The lowest BCUT2D eigenvalue weighted by atomic mass is 10.2. The number of alkyl halides is 3. The van der Waals surface area contributed by atoms with Gasteiger partial charge >= 0.3 is 6.36 Å². The van der Waals surface area contributed by atoms with Crippen molar-refractivity contribution in [3.05, 3.63) is 53.2 Å². The number of H-pyrrole nitrogens is 1. The van der Waals surface area contributed by atoms with E-state index in [0.717, 1.165) is 6.07 Å². The molecule has 0 unspecified atom stereocenters. The first-order chi connectivity index (χ1) is 15.2. The van der Waals surface area contributed by atoms with E-state index in [9.17, 15) is 22.8 Å². The van der Waals surface area contributed by atoms with Crippen LogP contribution in [0.1, 0.15) is 23.2 Å². The number of rotatable bonds is 6. The van der Waals surface area contributed by atoms with E-state index in [1.807, 2.05) is 0 Å². The van der Waals surface area contributed by atoms with Crippen molar-refractivity contribution in [1.82, 2.24) is 15.3 Å². The van der Waals surface area contributed by atoms with Crippen molar-refractivity contribution in [3.63, 3.8) is 0 Å². The molecule has 0 atom stereocenters. The summed E-state index contributed by atoms with van der Waals surface area (Å²) in [5, 5.41) is 7.82. The van der Waals surface area contributed by atoms with Gasteiger partial charge in [0.1, 0.15) is 22.9 Å². The average Bonchev–Trinajstić information content (AvgIpc) is 3.43. The Bertz CT molecular complexity index is 1290. The lowest BCUT2D eigenvalue weighted by molar-refractivity contribution is -0.274. The molecule has 0 spiro atoms. The molecule has 3 heterocycles. The standard InChI is InChI=1S/C20H15F3N4O4S/c1-10(28)24-8-13-4-5-17(30-13)16-9-32-19(26-16)27-18(29)15-6-11-2-3-12(7-14(11)25-15)31-20(21,22)23/h2-7,9,25H,8H2,1H3,(H,24,28)(H,26,27,29). The fourth-order valence-corrected chi connectivity index (χ4v) is 3.55. The second-order valence-electron chi connectivity index (χ2n) is 6.65. The van der Waals surface area contributed by atoms with Gasteiger partial charge in [-0.1, -0.05) is 0 Å². The lowest BCUT2D eigenvalue weighted by Gasteiger charge is -2.08. The number of aromatic amines is 1. The van der Waals surface area contributed by atoms with Crippen LogP contribution in [0.15, 0.2) is 46.2 Å². The van der Waals surface area contributed by atoms with Crippen LogP contribution in [-0.4, -0.2) is 28.1 Å². The number of carbonyl (C=O) groups is 2. The molecular weight excluding hydrogens is 449 g/mol. The maximum Gasteiger partial charge on any atom is 0.573 e. The zero-order chi connectivity index (χ0) is 22.9. The number of nitrogens with one attached hydrogen (secondary N) is 3. The summed E-state index contributed by atoms with van der Waals surface area (Å²) in [4.78, 5) is 30.6. The first-order valence-electron chi connectivity index (χ1n) is 9.15. The third-order valence-corrected chi connectivity index (χ3v) is 4.98. The smallest absolute Gasteiger partial charge is 0.458 e. The highest BCUT2D eigenvalue weighted by Crippen LogP contribution is 2.29. The number of furan rings is 1. The normalized spacial score (nSPS) is 11.5. The predicted molar refractivity (Wildman–Crippen MR) is 110 cm³/mol. The molecule has 1 aromatic carbocycles. The molecular formula is C20H15F3N4O4S. The fraction of sp³-hybridized carbons (Fsp3) is 0.150. The van der Waals surface area contributed by atoms with E-state index in [-0.39, 0.29) is 23.9 Å². The quantitative estimate of drug-likeness (QED) is 0.384. The Labute approximate surface area is 182 Å². The van der Waals surface area contributed by atoms with Crippen molar-refractivity contribution < 1.29 is 31.9 Å². The van der Waals surface area contributed by atoms with Gasteiger partial charge < -0.3 is 19.5 Å². The van der Waals surface area contributed by atoms with E-state index in [0.29, 0.717) is 33.2 Å². The van der Waals surface area contributed by atoms with Gasteiger partial charge in [0.25, 0.3) is 5.91 Å². The summed E-state index contributed by atoms with van der Waals surface area (Å²) in [6.07, 6.45) is -4.80. The van der Waals surface area contributed by atoms with Crippen LogP contribution in [-0.2, 0) is 11.3 Å². The maximum atomic E-state index is 12.5. The Morgan fingerprint density at radius 2 is 2.03 bits per heavy atom. The zero-order valence-electron chi connectivity index (χ0n) is 16.4. The zero-order valence-corrected chi connectivity index (χ0v) is 17.2. The number of benzene rings is 1. The minimum Gasteiger partial charge on any atom is -0.458 e. The van der Waals surface area contributed by atoms with E-state index < -0.39 is 12.3 Å². The molecule has 4 rings (SSSR count). The van der Waals surface area contributed by atoms with Crippen LogP contribution in [0.3, 0.4) is 0 Å². The van der Waals surface area contributed by atoms with Crippen LogP contribution in [0.5, 0.6) is 5.75 Å². The molecule has 166 valence electrons. The average molecular weight is 464 g/mol. The van der Waals surface area contributed by atoms with Crippen LogP contribution in [0.25, 0.3) is 22.4 Å². The van der Waals surface area contributed by atoms with E-state index in [2.05, 4.69) is 25.3 Å². The number of carbonyl (C=O) groups excluding carboxylic acids is 2. The van der Waals surface area contributed by atoms with Crippen molar-refractivity contribution in [3.8, 4) is 17.2 Å².